The minimum atomic E-state index is 0.00694. The van der Waals surface area contributed by atoms with Crippen molar-refractivity contribution in [3.05, 3.63) is 0 Å². The van der Waals surface area contributed by atoms with Crippen molar-refractivity contribution in [2.24, 2.45) is 17.3 Å². The first-order valence-electron chi connectivity index (χ1n) is 4.64. The van der Waals surface area contributed by atoms with E-state index in [-0.39, 0.29) is 5.41 Å². The molecule has 0 radical (unpaired) electrons. The highest BCUT2D eigenvalue weighted by Crippen LogP contribution is 2.49. The van der Waals surface area contributed by atoms with Gasteiger partial charge in [-0.15, -0.1) is 0 Å². The van der Waals surface area contributed by atoms with E-state index in [1.54, 1.807) is 0 Å². The third-order valence-electron chi connectivity index (χ3n) is 3.75. The van der Waals surface area contributed by atoms with Crippen LogP contribution in [0.3, 0.4) is 0 Å². The lowest BCUT2D eigenvalue weighted by Gasteiger charge is -2.34. The molecule has 1 nitrogen and oxygen atoms in total. The highest BCUT2D eigenvalue weighted by molar-refractivity contribution is 5.85. The lowest BCUT2D eigenvalue weighted by atomic mass is 9.69. The van der Waals surface area contributed by atoms with E-state index in [1.807, 2.05) is 0 Å². The Kier molecular flexibility index (Phi) is 1.39. The van der Waals surface area contributed by atoms with Crippen molar-refractivity contribution in [3.8, 4) is 0 Å². The van der Waals surface area contributed by atoms with Crippen LogP contribution >= 0.6 is 0 Å². The molecule has 0 heterocycles. The molecule has 2 aliphatic rings. The highest BCUT2D eigenvalue weighted by atomic mass is 16.1. The van der Waals surface area contributed by atoms with Crippen LogP contribution in [0.15, 0.2) is 0 Å². The Bertz CT molecular complexity index is 193. The van der Waals surface area contributed by atoms with Crippen molar-refractivity contribution >= 4 is 5.78 Å². The maximum atomic E-state index is 11.6. The van der Waals surface area contributed by atoms with Gasteiger partial charge in [-0.1, -0.05) is 13.8 Å². The molecule has 1 heteroatoms. The van der Waals surface area contributed by atoms with Crippen molar-refractivity contribution in [1.29, 1.82) is 0 Å². The first-order chi connectivity index (χ1) is 5.10. The third-order valence-corrected chi connectivity index (χ3v) is 3.75. The number of Topliss-reactive ketones (excluding diaryl/α,β-unsaturated/α-hetero) is 1. The Labute approximate surface area is 68.2 Å². The zero-order valence-corrected chi connectivity index (χ0v) is 7.39. The largest absolute Gasteiger partial charge is 0.299 e. The highest BCUT2D eigenvalue weighted by Gasteiger charge is 2.46. The average Bonchev–Trinajstić information content (AvgIpc) is 2.31. The smallest absolute Gasteiger partial charge is 0.139 e. The fourth-order valence-corrected chi connectivity index (χ4v) is 2.67. The van der Waals surface area contributed by atoms with Crippen LogP contribution in [0.25, 0.3) is 0 Å². The Morgan fingerprint density at radius 1 is 1.36 bits per heavy atom. The summed E-state index contributed by atoms with van der Waals surface area (Å²) in [5.74, 6) is 1.96. The number of hydrogen-bond acceptors (Lipinski definition) is 1. The summed E-state index contributed by atoms with van der Waals surface area (Å²) in [7, 11) is 0. The van der Waals surface area contributed by atoms with Crippen molar-refractivity contribution in [1.82, 2.24) is 0 Å². The molecule has 2 fully saturated rings. The molecule has 62 valence electrons. The normalized spacial score (nSPS) is 41.1. The van der Waals surface area contributed by atoms with Gasteiger partial charge < -0.3 is 0 Å². The van der Waals surface area contributed by atoms with Gasteiger partial charge in [0.1, 0.15) is 5.78 Å². The molecule has 0 aromatic carbocycles. The van der Waals surface area contributed by atoms with Gasteiger partial charge in [0.15, 0.2) is 0 Å². The molecule has 2 rings (SSSR count). The van der Waals surface area contributed by atoms with Crippen LogP contribution in [0.2, 0.25) is 0 Å². The van der Waals surface area contributed by atoms with E-state index in [9.17, 15) is 4.79 Å². The summed E-state index contributed by atoms with van der Waals surface area (Å²) in [6.07, 6.45) is 4.78. The van der Waals surface area contributed by atoms with Gasteiger partial charge in [-0.3, -0.25) is 4.79 Å². The van der Waals surface area contributed by atoms with Gasteiger partial charge in [0.05, 0.1) is 0 Å². The number of fused-ring (bicyclic) bond motifs is 2. The predicted molar refractivity (Wildman–Crippen MR) is 44.2 cm³/mol. The minimum absolute atomic E-state index is 0.00694. The molecule has 0 amide bonds. The lowest BCUT2D eigenvalue weighted by Crippen LogP contribution is -2.35. The van der Waals surface area contributed by atoms with Gasteiger partial charge >= 0.3 is 0 Å². The summed E-state index contributed by atoms with van der Waals surface area (Å²) in [4.78, 5) is 11.6. The maximum Gasteiger partial charge on any atom is 0.139 e. The Morgan fingerprint density at radius 2 is 2.09 bits per heavy atom. The Balaban J connectivity index is 2.27. The molecule has 2 atom stereocenters. The van der Waals surface area contributed by atoms with Gasteiger partial charge in [0.2, 0.25) is 0 Å². The Hall–Kier alpha value is -0.330. The molecule has 0 N–H and O–H groups in total. The monoisotopic (exact) mass is 152 g/mol. The van der Waals surface area contributed by atoms with Crippen molar-refractivity contribution < 1.29 is 4.79 Å². The fraction of sp³-hybridized carbons (Fsp3) is 0.900. The molecule has 2 aliphatic carbocycles. The second kappa shape index (κ2) is 2.09. The number of carbonyl (C=O) groups excluding carboxylic acids is 1. The van der Waals surface area contributed by atoms with Gasteiger partial charge in [0, 0.05) is 11.8 Å². The summed E-state index contributed by atoms with van der Waals surface area (Å²) in [6, 6.07) is 0. The summed E-state index contributed by atoms with van der Waals surface area (Å²) in [5, 5.41) is 0. The molecule has 2 saturated carbocycles. The molecule has 0 aliphatic heterocycles. The van der Waals surface area contributed by atoms with Crippen LogP contribution in [-0.2, 0) is 4.79 Å². The Morgan fingerprint density at radius 3 is 2.82 bits per heavy atom. The quantitative estimate of drug-likeness (QED) is 0.521. The number of ketones is 1. The van der Waals surface area contributed by atoms with E-state index in [1.165, 1.54) is 19.3 Å². The number of rotatable bonds is 0. The molecule has 0 aromatic heterocycles. The van der Waals surface area contributed by atoms with Crippen molar-refractivity contribution in [2.75, 3.05) is 0 Å². The van der Waals surface area contributed by atoms with E-state index in [0.717, 1.165) is 12.3 Å². The number of hydrogen-bond donors (Lipinski definition) is 0. The van der Waals surface area contributed by atoms with Crippen LogP contribution in [0.5, 0.6) is 0 Å². The van der Waals surface area contributed by atoms with Crippen molar-refractivity contribution in [3.63, 3.8) is 0 Å². The molecule has 0 saturated heterocycles. The zero-order valence-electron chi connectivity index (χ0n) is 7.39. The molecule has 0 spiro atoms. The first-order valence-corrected chi connectivity index (χ1v) is 4.64. The van der Waals surface area contributed by atoms with Gasteiger partial charge in [-0.25, -0.2) is 0 Å². The summed E-state index contributed by atoms with van der Waals surface area (Å²) in [6.45, 7) is 4.25. The number of carbonyl (C=O) groups is 1. The van der Waals surface area contributed by atoms with Crippen LogP contribution in [0, 0.1) is 17.3 Å². The SMILES string of the molecule is CC1(C)C(=O)CC2CCC1C2. The van der Waals surface area contributed by atoms with Gasteiger partial charge in [-0.05, 0) is 31.1 Å². The second-order valence-electron chi connectivity index (χ2n) is 4.72. The summed E-state index contributed by atoms with van der Waals surface area (Å²) in [5.41, 5.74) is 0.00694. The average molecular weight is 152 g/mol. The predicted octanol–water partition coefficient (Wildman–Crippen LogP) is 2.40. The molecule has 11 heavy (non-hydrogen) atoms. The van der Waals surface area contributed by atoms with Crippen LogP contribution < -0.4 is 0 Å². The molecule has 2 unspecified atom stereocenters. The third kappa shape index (κ3) is 0.935. The molecule has 0 aromatic rings. The van der Waals surface area contributed by atoms with E-state index in [2.05, 4.69) is 13.8 Å². The maximum absolute atomic E-state index is 11.6. The topological polar surface area (TPSA) is 17.1 Å². The lowest BCUT2D eigenvalue weighted by molar-refractivity contribution is -0.132. The van der Waals surface area contributed by atoms with E-state index in [0.29, 0.717) is 11.7 Å². The second-order valence-corrected chi connectivity index (χ2v) is 4.72. The minimum Gasteiger partial charge on any atom is -0.299 e. The van der Waals surface area contributed by atoms with E-state index >= 15 is 0 Å². The molecule has 2 bridgehead atoms. The van der Waals surface area contributed by atoms with Crippen molar-refractivity contribution in [2.45, 2.75) is 39.5 Å². The van der Waals surface area contributed by atoms with Crippen LogP contribution in [0.1, 0.15) is 39.5 Å². The summed E-state index contributed by atoms with van der Waals surface area (Å²) < 4.78 is 0. The first kappa shape index (κ1) is 7.33. The van der Waals surface area contributed by atoms with Gasteiger partial charge in [-0.2, -0.15) is 0 Å². The molecular weight excluding hydrogens is 136 g/mol. The van der Waals surface area contributed by atoms with Crippen LogP contribution in [0.4, 0.5) is 0 Å². The fourth-order valence-electron chi connectivity index (χ4n) is 2.67. The van der Waals surface area contributed by atoms with Crippen LogP contribution in [-0.4, -0.2) is 5.78 Å². The zero-order chi connectivity index (χ0) is 8.06. The van der Waals surface area contributed by atoms with E-state index < -0.39 is 0 Å². The van der Waals surface area contributed by atoms with Gasteiger partial charge in [0.25, 0.3) is 0 Å². The summed E-state index contributed by atoms with van der Waals surface area (Å²) >= 11 is 0. The standard InChI is InChI=1S/C10H16O/c1-10(2)8-4-3-7(5-8)6-9(10)11/h7-8H,3-6H2,1-2H3. The van der Waals surface area contributed by atoms with E-state index in [4.69, 9.17) is 0 Å². The molecular formula is C10H16O.